The minimum absolute atomic E-state index is 0. The van der Waals surface area contributed by atoms with Gasteiger partial charge in [0.05, 0.1) is 0 Å². The molecule has 2 heterocycles. The van der Waals surface area contributed by atoms with E-state index in [0.29, 0.717) is 36.5 Å². The molecular weight excluding hydrogens is 643 g/mol. The summed E-state index contributed by atoms with van der Waals surface area (Å²) in [5.41, 5.74) is 2.07. The second kappa shape index (κ2) is 28.3. The summed E-state index contributed by atoms with van der Waals surface area (Å²) in [6, 6.07) is 22.6. The van der Waals surface area contributed by atoms with Crippen molar-refractivity contribution in [2.75, 3.05) is 7.11 Å². The standard InChI is InChI=1S/C15H15NO4.C13H13NO3.CH2O3.CH4O.2K.H/c1-3-13(19-11(2)17)14-9-15(16-20-14)18-10-12-7-5-4-6-8-12;1-2-11(15)12-8-13(14-17-12)16-9-10-6-4-3-5-7-10;2-1-4-3;1-2;;;/h3-9,13H,1,10H2,2H3;2-8,11,15H,1,9H2;1,3H;2H,1H3;;;/q;;;;2*+1;-1/p-1/t13-;11-;;;;;/m11...../s1. The van der Waals surface area contributed by atoms with E-state index in [4.69, 9.17) is 38.4 Å². The molecule has 0 spiro atoms. The smallest absolute Gasteiger partial charge is 1.00 e. The first kappa shape index (κ1) is 45.2. The minimum atomic E-state index is -0.850. The Balaban J connectivity index is -0.000000655. The van der Waals surface area contributed by atoms with Crippen LogP contribution in [0, 0.1) is 0 Å². The summed E-state index contributed by atoms with van der Waals surface area (Å²) in [5.74, 6) is 0.965. The van der Waals surface area contributed by atoms with E-state index in [1.54, 1.807) is 12.1 Å². The molecule has 2 aromatic carbocycles. The van der Waals surface area contributed by atoms with E-state index >= 15 is 0 Å². The Morgan fingerprint density at radius 1 is 0.889 bits per heavy atom. The molecule has 2 aromatic heterocycles. The first-order valence-corrected chi connectivity index (χ1v) is 12.4. The summed E-state index contributed by atoms with van der Waals surface area (Å²) < 4.78 is 25.9. The molecule has 0 unspecified atom stereocenters. The molecule has 4 aromatic rings. The van der Waals surface area contributed by atoms with E-state index in [9.17, 15) is 9.90 Å². The third-order valence-corrected chi connectivity index (χ3v) is 4.81. The van der Waals surface area contributed by atoms with Crippen molar-refractivity contribution in [1.82, 2.24) is 10.3 Å². The fourth-order valence-electron chi connectivity index (χ4n) is 2.93. The number of aliphatic hydroxyl groups excluding tert-OH is 2. The normalized spacial score (nSPS) is 10.3. The first-order chi connectivity index (χ1) is 20.9. The van der Waals surface area contributed by atoms with Gasteiger partial charge in [0.1, 0.15) is 19.3 Å². The Labute approximate surface area is 347 Å². The maximum absolute atomic E-state index is 10.9. The third kappa shape index (κ3) is 19.3. The second-order valence-corrected chi connectivity index (χ2v) is 7.82. The van der Waals surface area contributed by atoms with E-state index in [0.717, 1.165) is 18.2 Å². The van der Waals surface area contributed by atoms with Gasteiger partial charge in [0.15, 0.2) is 17.6 Å². The molecule has 0 aliphatic heterocycles. The van der Waals surface area contributed by atoms with Crippen molar-refractivity contribution in [2.24, 2.45) is 0 Å². The Morgan fingerprint density at radius 3 is 1.69 bits per heavy atom. The molecule has 0 amide bonds. The Bertz CT molecular complexity index is 1340. The van der Waals surface area contributed by atoms with Crippen LogP contribution in [0.15, 0.2) is 107 Å². The number of nitrogens with zero attached hydrogens (tertiary/aromatic N) is 2. The minimum Gasteiger partial charge on any atom is -1.00 e. The van der Waals surface area contributed by atoms with Crippen LogP contribution in [0.5, 0.6) is 11.8 Å². The molecule has 0 aliphatic rings. The van der Waals surface area contributed by atoms with Crippen molar-refractivity contribution in [3.8, 4) is 11.8 Å². The molecule has 13 nitrogen and oxygen atoms in total. The van der Waals surface area contributed by atoms with Crippen LogP contribution in [-0.2, 0) is 32.4 Å². The van der Waals surface area contributed by atoms with Gasteiger partial charge in [0, 0.05) is 26.2 Å². The number of ether oxygens (including phenoxy) is 3. The van der Waals surface area contributed by atoms with Crippen molar-refractivity contribution in [2.45, 2.75) is 32.3 Å². The largest absolute Gasteiger partial charge is 1.00 e. The zero-order chi connectivity index (χ0) is 31.9. The van der Waals surface area contributed by atoms with E-state index in [-0.39, 0.29) is 111 Å². The predicted octanol–water partition coefficient (Wildman–Crippen LogP) is -2.32. The number of aliphatic hydroxyl groups is 2. The number of carbonyl (C=O) groups is 2. The van der Waals surface area contributed by atoms with Gasteiger partial charge in [0.2, 0.25) is 0 Å². The Kier molecular flexibility index (Phi) is 28.4. The average Bonchev–Trinajstić information content (AvgIpc) is 3.74. The SMILES string of the molecule is C=C[C@@H](O)c1cc(OCc2ccccc2)no1.C=C[C@@H](OC(C)=O)c1cc(OCc2ccccc2)no1.CO.O=CO[O-].[H-].[K+].[K+]. The molecule has 0 saturated heterocycles. The van der Waals surface area contributed by atoms with Gasteiger partial charge in [-0.25, -0.2) is 0 Å². The maximum Gasteiger partial charge on any atom is 1.00 e. The monoisotopic (exact) mass is 676 g/mol. The van der Waals surface area contributed by atoms with Crippen LogP contribution >= 0.6 is 0 Å². The quantitative estimate of drug-likeness (QED) is 0.0407. The number of hydrogen-bond acceptors (Lipinski definition) is 13. The van der Waals surface area contributed by atoms with E-state index in [1.165, 1.54) is 19.1 Å². The summed E-state index contributed by atoms with van der Waals surface area (Å²) >= 11 is 0. The number of carbonyl (C=O) groups excluding carboxylic acids is 2. The van der Waals surface area contributed by atoms with Crippen molar-refractivity contribution in [3.63, 3.8) is 0 Å². The van der Waals surface area contributed by atoms with Crippen LogP contribution < -0.4 is 118 Å². The van der Waals surface area contributed by atoms with Gasteiger partial charge in [0.25, 0.3) is 18.2 Å². The predicted molar refractivity (Wildman–Crippen MR) is 151 cm³/mol. The molecule has 4 rings (SSSR count). The number of aromatic nitrogens is 2. The van der Waals surface area contributed by atoms with Gasteiger partial charge in [-0.05, 0) is 27.5 Å². The summed E-state index contributed by atoms with van der Waals surface area (Å²) in [7, 11) is 1.00. The second-order valence-electron chi connectivity index (χ2n) is 7.82. The van der Waals surface area contributed by atoms with Gasteiger partial charge >= 0.3 is 109 Å². The van der Waals surface area contributed by atoms with Gasteiger partial charge in [-0.2, -0.15) is 0 Å². The Morgan fingerprint density at radius 2 is 1.31 bits per heavy atom. The van der Waals surface area contributed by atoms with Crippen LogP contribution in [0.4, 0.5) is 0 Å². The van der Waals surface area contributed by atoms with Crippen LogP contribution in [0.1, 0.15) is 43.2 Å². The number of hydrogen-bond donors (Lipinski definition) is 2. The van der Waals surface area contributed by atoms with Crippen molar-refractivity contribution in [1.29, 1.82) is 0 Å². The van der Waals surface area contributed by atoms with Gasteiger partial charge in [-0.15, -0.1) is 6.58 Å². The summed E-state index contributed by atoms with van der Waals surface area (Å²) in [5, 5.41) is 32.3. The zero-order valence-electron chi connectivity index (χ0n) is 26.6. The molecular formula is C30H34K2N2O11. The van der Waals surface area contributed by atoms with Gasteiger partial charge < -0.3 is 45.0 Å². The molecule has 0 fully saturated rings. The van der Waals surface area contributed by atoms with Crippen molar-refractivity contribution < 1.29 is 157 Å². The summed E-state index contributed by atoms with van der Waals surface area (Å²) in [4.78, 5) is 22.2. The van der Waals surface area contributed by atoms with Crippen molar-refractivity contribution >= 4 is 12.4 Å². The molecule has 2 atom stereocenters. The molecule has 45 heavy (non-hydrogen) atoms. The number of esters is 1. The summed E-state index contributed by atoms with van der Waals surface area (Å²) in [6.07, 6.45) is 1.32. The molecule has 0 bridgehead atoms. The van der Waals surface area contributed by atoms with Crippen LogP contribution in [-0.4, -0.2) is 40.1 Å². The first-order valence-electron chi connectivity index (χ1n) is 12.4. The molecule has 0 radical (unpaired) electrons. The van der Waals surface area contributed by atoms with Crippen LogP contribution in [0.3, 0.4) is 0 Å². The number of benzene rings is 2. The van der Waals surface area contributed by atoms with Gasteiger partial charge in [-0.3, -0.25) is 9.59 Å². The maximum atomic E-state index is 10.9. The van der Waals surface area contributed by atoms with Crippen LogP contribution in [0.2, 0.25) is 0 Å². The van der Waals surface area contributed by atoms with Gasteiger partial charge in [-0.1, -0.05) is 73.3 Å². The number of rotatable bonds is 12. The van der Waals surface area contributed by atoms with E-state index < -0.39 is 18.2 Å². The third-order valence-electron chi connectivity index (χ3n) is 4.81. The molecule has 2 N–H and O–H groups in total. The van der Waals surface area contributed by atoms with Crippen molar-refractivity contribution in [3.05, 3.63) is 121 Å². The molecule has 232 valence electrons. The van der Waals surface area contributed by atoms with E-state index in [2.05, 4.69) is 28.4 Å². The fourth-order valence-corrected chi connectivity index (χ4v) is 2.93. The topological polar surface area (TPSA) is 187 Å². The Hall–Kier alpha value is -1.97. The molecule has 0 saturated carbocycles. The van der Waals surface area contributed by atoms with E-state index in [1.807, 2.05) is 60.7 Å². The molecule has 15 heteroatoms. The average molecular weight is 677 g/mol. The summed E-state index contributed by atoms with van der Waals surface area (Å²) in [6.45, 7) is 8.99. The fraction of sp³-hybridized carbons (Fsp3) is 0.200. The zero-order valence-corrected chi connectivity index (χ0v) is 31.9. The van der Waals surface area contributed by atoms with Crippen LogP contribution in [0.25, 0.3) is 0 Å². The molecule has 0 aliphatic carbocycles.